The number of aliphatic hydroxyl groups is 1. The number of carbonyl (C=O) groups is 2. The van der Waals surface area contributed by atoms with Crippen molar-refractivity contribution in [2.75, 3.05) is 6.54 Å². The second-order valence-corrected chi connectivity index (χ2v) is 16.9. The minimum Gasteiger partial charge on any atom is -0.444 e. The fraction of sp³-hybridized carbons (Fsp3) is 0.935. The topological polar surface area (TPSA) is 97.3 Å². The van der Waals surface area contributed by atoms with E-state index in [1.165, 1.54) is 12.8 Å². The summed E-state index contributed by atoms with van der Waals surface area (Å²) in [7, 11) is -0.404. The van der Waals surface area contributed by atoms with Gasteiger partial charge in [-0.25, -0.2) is 4.79 Å². The second kappa shape index (κ2) is 7.42. The molecule has 8 nitrogen and oxygen atoms in total. The Morgan fingerprint density at radius 2 is 1.88 bits per heavy atom. The van der Waals surface area contributed by atoms with E-state index < -0.39 is 35.9 Å². The predicted molar refractivity (Wildman–Crippen MR) is 146 cm³/mol. The lowest BCUT2D eigenvalue weighted by Crippen LogP contribution is -2.97. The predicted octanol–water partition coefficient (Wildman–Crippen LogP) is 3.69. The van der Waals surface area contributed by atoms with Gasteiger partial charge in [-0.15, -0.1) is 0 Å². The number of fused-ring (bicyclic) bond motifs is 2. The number of carbonyl (C=O) groups excluding carboxylic acids is 2. The third kappa shape index (κ3) is 2.91. The molecule has 8 aliphatic carbocycles. The molecule has 4 bridgehead atoms. The molecular weight excluding hydrogens is 507 g/mol. The van der Waals surface area contributed by atoms with E-state index in [1.54, 1.807) is 0 Å². The zero-order valence-corrected chi connectivity index (χ0v) is 24.5. The van der Waals surface area contributed by atoms with Crippen LogP contribution in [0.4, 0.5) is 4.79 Å². The van der Waals surface area contributed by atoms with Gasteiger partial charge in [-0.3, -0.25) is 4.79 Å². The van der Waals surface area contributed by atoms with Gasteiger partial charge in [0.15, 0.2) is 0 Å². The van der Waals surface area contributed by atoms with Gasteiger partial charge < -0.3 is 29.4 Å². The van der Waals surface area contributed by atoms with Gasteiger partial charge in [-0.05, 0) is 127 Å². The van der Waals surface area contributed by atoms with Crippen LogP contribution in [0.1, 0.15) is 91.9 Å². The van der Waals surface area contributed by atoms with E-state index in [2.05, 4.69) is 12.2 Å². The number of alkyl carbamates (subject to hydrolysis) is 1. The average Bonchev–Trinajstić information content (AvgIpc) is 3.28. The quantitative estimate of drug-likeness (QED) is 0.517. The molecule has 1 spiro atoms. The summed E-state index contributed by atoms with van der Waals surface area (Å²) in [5.74, 6) is 3.43. The molecule has 8 saturated carbocycles. The zero-order chi connectivity index (χ0) is 27.6. The number of ether oxygens (including phenoxy) is 1. The fourth-order valence-corrected chi connectivity index (χ4v) is 13.2. The van der Waals surface area contributed by atoms with E-state index in [0.29, 0.717) is 48.0 Å². The van der Waals surface area contributed by atoms with Crippen LogP contribution in [0.15, 0.2) is 0 Å². The van der Waals surface area contributed by atoms with Gasteiger partial charge in [0, 0.05) is 17.9 Å². The van der Waals surface area contributed by atoms with Crippen LogP contribution in [0.3, 0.4) is 0 Å². The fourth-order valence-electron chi connectivity index (χ4n) is 13.2. The van der Waals surface area contributed by atoms with Crippen molar-refractivity contribution in [3.63, 3.8) is 0 Å². The van der Waals surface area contributed by atoms with Crippen molar-refractivity contribution in [2.45, 2.75) is 127 Å². The average molecular weight is 553 g/mol. The highest BCUT2D eigenvalue weighted by Gasteiger charge is 2.94. The molecule has 2 saturated heterocycles. The van der Waals surface area contributed by atoms with Crippen molar-refractivity contribution in [1.82, 2.24) is 10.2 Å². The minimum atomic E-state index is -0.730. The number of likely N-dealkylation sites (tertiary alicyclic amines) is 1. The van der Waals surface area contributed by atoms with E-state index in [0.717, 1.165) is 50.9 Å². The lowest BCUT2D eigenvalue weighted by Gasteiger charge is -2.94. The van der Waals surface area contributed by atoms with E-state index in [-0.39, 0.29) is 23.6 Å². The van der Waals surface area contributed by atoms with Gasteiger partial charge in [0.25, 0.3) is 0 Å². The van der Waals surface area contributed by atoms with Crippen molar-refractivity contribution in [1.29, 1.82) is 0 Å². The largest absolute Gasteiger partial charge is 0.481 e. The van der Waals surface area contributed by atoms with Gasteiger partial charge in [-0.2, -0.15) is 0 Å². The Balaban J connectivity index is 1.01. The molecule has 218 valence electrons. The molecule has 9 heteroatoms. The monoisotopic (exact) mass is 552 g/mol. The molecule has 2 N–H and O–H groups in total. The van der Waals surface area contributed by atoms with Crippen LogP contribution in [0.5, 0.6) is 0 Å². The summed E-state index contributed by atoms with van der Waals surface area (Å²) < 4.78 is 19.3. The van der Waals surface area contributed by atoms with Crippen LogP contribution in [0, 0.1) is 46.3 Å². The van der Waals surface area contributed by atoms with E-state index in [1.807, 2.05) is 25.7 Å². The smallest absolute Gasteiger partial charge is 0.444 e. The number of hydrogen-bond acceptors (Lipinski definition) is 6. The number of rotatable bonds is 4. The maximum absolute atomic E-state index is 14.7. The van der Waals surface area contributed by atoms with Crippen LogP contribution >= 0.6 is 0 Å². The van der Waals surface area contributed by atoms with E-state index in [9.17, 15) is 14.7 Å². The van der Waals surface area contributed by atoms with Gasteiger partial charge >= 0.3 is 13.2 Å². The molecule has 10 rings (SSSR count). The van der Waals surface area contributed by atoms with Crippen molar-refractivity contribution in [3.8, 4) is 0 Å². The van der Waals surface area contributed by atoms with E-state index >= 15 is 0 Å². The summed E-state index contributed by atoms with van der Waals surface area (Å²) in [5.41, 5.74) is -1.41. The summed E-state index contributed by atoms with van der Waals surface area (Å²) >= 11 is 0. The zero-order valence-electron chi connectivity index (χ0n) is 24.5. The van der Waals surface area contributed by atoms with Gasteiger partial charge in [0.1, 0.15) is 11.6 Å². The first-order valence-corrected chi connectivity index (χ1v) is 16.2. The van der Waals surface area contributed by atoms with Crippen molar-refractivity contribution in [2.24, 2.45) is 46.3 Å². The molecule has 10 aliphatic rings. The highest BCUT2D eigenvalue weighted by atomic mass is 16.6. The molecule has 0 radical (unpaired) electrons. The Labute approximate surface area is 237 Å². The number of amides is 2. The Kier molecular flexibility index (Phi) is 4.67. The molecule has 5 unspecified atom stereocenters. The Bertz CT molecular complexity index is 1170. The first-order valence-electron chi connectivity index (χ1n) is 16.2. The third-order valence-electron chi connectivity index (χ3n) is 13.7. The molecule has 0 aromatic rings. The van der Waals surface area contributed by atoms with Gasteiger partial charge in [-0.1, -0.05) is 0 Å². The molecule has 0 aromatic carbocycles. The lowest BCUT2D eigenvalue weighted by molar-refractivity contribution is -0.498. The number of nitrogens with one attached hydrogen (secondary N) is 1. The molecule has 11 atom stereocenters. The summed E-state index contributed by atoms with van der Waals surface area (Å²) in [5, 5.41) is 14.6. The Morgan fingerprint density at radius 1 is 1.12 bits per heavy atom. The first kappa shape index (κ1) is 25.2. The molecule has 40 heavy (non-hydrogen) atoms. The molecule has 2 amide bonds. The Morgan fingerprint density at radius 3 is 2.55 bits per heavy atom. The summed E-state index contributed by atoms with van der Waals surface area (Å²) in [6.45, 7) is 8.50. The first-order chi connectivity index (χ1) is 18.9. The van der Waals surface area contributed by atoms with Crippen molar-refractivity contribution in [3.05, 3.63) is 0 Å². The van der Waals surface area contributed by atoms with Crippen LogP contribution in [-0.4, -0.2) is 70.6 Å². The Hall–Kier alpha value is -1.32. The SMILES string of the molecule is CC(C)(C)OC(=O)N[C@H](C(=O)N1CCC[C@H]1B1O[C@@H]2C3C[C@@H]4C[C@H]5C34C2[C@@]5(C)O1)C12CC3CC(CC(O)(C3)C1)C2. The second-order valence-electron chi connectivity index (χ2n) is 16.9. The molecule has 0 aromatic heterocycles. The lowest BCUT2D eigenvalue weighted by atomic mass is 9.13. The van der Waals surface area contributed by atoms with Crippen molar-refractivity contribution >= 4 is 19.1 Å². The van der Waals surface area contributed by atoms with Gasteiger partial charge in [0.2, 0.25) is 5.91 Å². The van der Waals surface area contributed by atoms with Crippen LogP contribution in [0.25, 0.3) is 0 Å². The number of hydrogen-bond donors (Lipinski definition) is 2. The standard InChI is InChI=1S/C31H45BN2O6/c1-27(2,3)38-26(36)33-24(29-11-16-8-17(12-29)14-30(37,13-16)15-29)25(35)34-7-5-6-21(34)32-39-22-19-9-18-10-20-28(4,40-32)23(22)31(18,19)20/h16-24,37H,5-15H2,1-4H3,(H,33,36)/t16?,17?,18-,19?,20-,21+,22-,23?,24-,28+,29?,30?,31?/m1/s1. The maximum atomic E-state index is 14.7. The van der Waals surface area contributed by atoms with Crippen molar-refractivity contribution < 1.29 is 28.7 Å². The highest BCUT2D eigenvalue weighted by molar-refractivity contribution is 6.47. The summed E-state index contributed by atoms with van der Waals surface area (Å²) in [6, 6.07) is -0.716. The maximum Gasteiger partial charge on any atom is 0.481 e. The molecular formula is C31H45BN2O6. The third-order valence-corrected chi connectivity index (χ3v) is 13.7. The molecule has 2 heterocycles. The minimum absolute atomic E-state index is 0.0395. The van der Waals surface area contributed by atoms with Crippen LogP contribution in [0.2, 0.25) is 0 Å². The number of nitrogens with zero attached hydrogens (tertiary/aromatic N) is 1. The summed E-state index contributed by atoms with van der Waals surface area (Å²) in [6.07, 6.45) is 9.19. The molecule has 2 aliphatic heterocycles. The highest BCUT2D eigenvalue weighted by Crippen LogP contribution is 2.92. The van der Waals surface area contributed by atoms with E-state index in [4.69, 9.17) is 14.0 Å². The van der Waals surface area contributed by atoms with Gasteiger partial charge in [0.05, 0.1) is 23.2 Å². The van der Waals surface area contributed by atoms with Crippen LogP contribution in [-0.2, 0) is 18.8 Å². The normalized spacial score (nSPS) is 54.7. The summed E-state index contributed by atoms with van der Waals surface area (Å²) in [4.78, 5) is 29.9. The van der Waals surface area contributed by atoms with Crippen LogP contribution < -0.4 is 5.32 Å². The molecule has 10 fully saturated rings.